The number of halogens is 3. The molecule has 1 unspecified atom stereocenters. The molecule has 10 heteroatoms. The normalized spacial score (nSPS) is 13.7. The minimum atomic E-state index is -4.47. The van der Waals surface area contributed by atoms with Gasteiger partial charge in [0.2, 0.25) is 0 Å². The van der Waals surface area contributed by atoms with Crippen LogP contribution >= 0.6 is 11.3 Å². The van der Waals surface area contributed by atoms with Crippen molar-refractivity contribution in [2.45, 2.75) is 12.2 Å². The average Bonchev–Trinajstić information content (AvgIpc) is 3.07. The van der Waals surface area contributed by atoms with Gasteiger partial charge in [-0.25, -0.2) is 14.9 Å². The molecule has 21 heavy (non-hydrogen) atoms. The molecular weight excluding hydrogens is 305 g/mol. The highest BCUT2D eigenvalue weighted by atomic mass is 32.1. The van der Waals surface area contributed by atoms with Gasteiger partial charge in [-0.3, -0.25) is 10.8 Å². The summed E-state index contributed by atoms with van der Waals surface area (Å²) in [5.41, 5.74) is 3.78. The summed E-state index contributed by atoms with van der Waals surface area (Å²) in [5, 5.41) is 3.20. The summed E-state index contributed by atoms with van der Waals surface area (Å²) in [6.07, 6.45) is 3.00. The number of nitrogens with zero attached hydrogens (tertiary/aromatic N) is 4. The number of hydrazine groups is 1. The molecule has 0 fully saturated rings. The monoisotopic (exact) mass is 314 g/mol. The zero-order chi connectivity index (χ0) is 15.0. The molecule has 0 radical (unpaired) electrons. The van der Waals surface area contributed by atoms with Crippen LogP contribution in [0.25, 0.3) is 5.52 Å². The maximum Gasteiger partial charge on any atom is 0.443 e. The molecule has 0 bridgehead atoms. The van der Waals surface area contributed by atoms with Crippen LogP contribution in [0.3, 0.4) is 0 Å². The lowest BCUT2D eigenvalue weighted by Crippen LogP contribution is -2.28. The lowest BCUT2D eigenvalue weighted by Gasteiger charge is -2.12. The number of aromatic nitrogens is 4. The molecule has 3 heterocycles. The minimum absolute atomic E-state index is 0.351. The SMILES string of the molecule is NNC(c1cnc(C(F)(F)F)s1)c1cnn2ccncc12. The maximum absolute atomic E-state index is 12.6. The number of hydrogen-bond acceptors (Lipinski definition) is 6. The molecule has 0 aliphatic heterocycles. The Morgan fingerprint density at radius 2 is 2.10 bits per heavy atom. The lowest BCUT2D eigenvalue weighted by atomic mass is 10.1. The fraction of sp³-hybridized carbons (Fsp3) is 0.182. The number of hydrogen-bond donors (Lipinski definition) is 2. The zero-order valence-electron chi connectivity index (χ0n) is 10.4. The van der Waals surface area contributed by atoms with Gasteiger partial charge < -0.3 is 0 Å². The van der Waals surface area contributed by atoms with E-state index in [4.69, 9.17) is 5.84 Å². The third-order valence-corrected chi connectivity index (χ3v) is 3.99. The summed E-state index contributed by atoms with van der Waals surface area (Å²) in [7, 11) is 0. The molecule has 0 saturated heterocycles. The van der Waals surface area contributed by atoms with Crippen molar-refractivity contribution in [1.29, 1.82) is 0 Å². The number of nitrogens with one attached hydrogen (secondary N) is 1. The van der Waals surface area contributed by atoms with Crippen molar-refractivity contribution in [2.24, 2.45) is 5.84 Å². The average molecular weight is 314 g/mol. The van der Waals surface area contributed by atoms with Crippen LogP contribution in [0.15, 0.2) is 31.0 Å². The third-order valence-electron chi connectivity index (χ3n) is 2.88. The Morgan fingerprint density at radius 1 is 1.29 bits per heavy atom. The first kappa shape index (κ1) is 13.9. The third kappa shape index (κ3) is 2.48. The smallest absolute Gasteiger partial charge is 0.271 e. The molecule has 0 aliphatic carbocycles. The molecule has 3 N–H and O–H groups in total. The van der Waals surface area contributed by atoms with Crippen LogP contribution in [-0.4, -0.2) is 19.6 Å². The van der Waals surface area contributed by atoms with Gasteiger partial charge in [0.25, 0.3) is 0 Å². The van der Waals surface area contributed by atoms with Gasteiger partial charge in [-0.15, -0.1) is 11.3 Å². The van der Waals surface area contributed by atoms with E-state index in [1.54, 1.807) is 23.1 Å². The summed E-state index contributed by atoms with van der Waals surface area (Å²) in [6, 6.07) is -0.639. The largest absolute Gasteiger partial charge is 0.443 e. The lowest BCUT2D eigenvalue weighted by molar-refractivity contribution is -0.137. The molecule has 1 atom stereocenters. The predicted octanol–water partition coefficient (Wildman–Crippen LogP) is 1.76. The Kier molecular flexibility index (Phi) is 3.35. The van der Waals surface area contributed by atoms with E-state index in [1.165, 1.54) is 6.20 Å². The number of fused-ring (bicyclic) bond motifs is 1. The Balaban J connectivity index is 2.04. The molecule has 110 valence electrons. The molecule has 0 aliphatic rings. The Hall–Kier alpha value is -2.04. The van der Waals surface area contributed by atoms with E-state index in [1.807, 2.05) is 0 Å². The summed E-state index contributed by atoms with van der Waals surface area (Å²) < 4.78 is 39.5. The predicted molar refractivity (Wildman–Crippen MR) is 69.3 cm³/mol. The van der Waals surface area contributed by atoms with Gasteiger partial charge >= 0.3 is 6.18 Å². The topological polar surface area (TPSA) is 81.1 Å². The Bertz CT molecular complexity index is 764. The first-order valence-corrected chi connectivity index (χ1v) is 6.58. The second-order valence-electron chi connectivity index (χ2n) is 4.17. The molecule has 6 nitrogen and oxygen atoms in total. The Morgan fingerprint density at radius 3 is 2.76 bits per heavy atom. The molecule has 0 saturated carbocycles. The van der Waals surface area contributed by atoms with Crippen LogP contribution in [-0.2, 0) is 6.18 Å². The Labute approximate surface area is 120 Å². The van der Waals surface area contributed by atoms with Crippen molar-refractivity contribution in [3.8, 4) is 0 Å². The molecule has 0 aromatic carbocycles. The number of alkyl halides is 3. The minimum Gasteiger partial charge on any atom is -0.271 e. The van der Waals surface area contributed by atoms with Crippen molar-refractivity contribution in [3.05, 3.63) is 46.4 Å². The van der Waals surface area contributed by atoms with E-state index in [2.05, 4.69) is 20.5 Å². The molecule has 3 aromatic heterocycles. The zero-order valence-corrected chi connectivity index (χ0v) is 11.2. The van der Waals surface area contributed by atoms with Gasteiger partial charge in [0.1, 0.15) is 0 Å². The van der Waals surface area contributed by atoms with Crippen LogP contribution in [0.1, 0.15) is 21.5 Å². The first-order chi connectivity index (χ1) is 10.0. The summed E-state index contributed by atoms with van der Waals surface area (Å²) in [4.78, 5) is 7.73. The van der Waals surface area contributed by atoms with Gasteiger partial charge in [-0.1, -0.05) is 0 Å². The van der Waals surface area contributed by atoms with Gasteiger partial charge in [0.05, 0.1) is 24.0 Å². The van der Waals surface area contributed by atoms with Crippen molar-refractivity contribution in [1.82, 2.24) is 25.0 Å². The summed E-state index contributed by atoms with van der Waals surface area (Å²) in [6.45, 7) is 0. The van der Waals surface area contributed by atoms with E-state index in [0.29, 0.717) is 27.3 Å². The van der Waals surface area contributed by atoms with E-state index in [-0.39, 0.29) is 0 Å². The maximum atomic E-state index is 12.6. The number of rotatable bonds is 3. The molecule has 3 rings (SSSR count). The summed E-state index contributed by atoms with van der Waals surface area (Å²) in [5.74, 6) is 5.50. The van der Waals surface area contributed by atoms with Crippen LogP contribution in [0.2, 0.25) is 0 Å². The highest BCUT2D eigenvalue weighted by Gasteiger charge is 2.35. The van der Waals surface area contributed by atoms with Gasteiger partial charge in [0, 0.05) is 29.0 Å². The second-order valence-corrected chi connectivity index (χ2v) is 5.23. The second kappa shape index (κ2) is 5.06. The van der Waals surface area contributed by atoms with E-state index in [0.717, 1.165) is 6.20 Å². The van der Waals surface area contributed by atoms with Crippen LogP contribution in [0.5, 0.6) is 0 Å². The summed E-state index contributed by atoms with van der Waals surface area (Å²) >= 11 is 0.543. The number of thiazole rings is 1. The highest BCUT2D eigenvalue weighted by molar-refractivity contribution is 7.11. The van der Waals surface area contributed by atoms with Crippen molar-refractivity contribution in [3.63, 3.8) is 0 Å². The molecular formula is C11H9F3N6S. The van der Waals surface area contributed by atoms with Gasteiger partial charge in [-0.2, -0.15) is 18.3 Å². The van der Waals surface area contributed by atoms with Crippen molar-refractivity contribution >= 4 is 16.9 Å². The van der Waals surface area contributed by atoms with Gasteiger partial charge in [-0.05, 0) is 0 Å². The van der Waals surface area contributed by atoms with Crippen LogP contribution < -0.4 is 11.3 Å². The fourth-order valence-electron chi connectivity index (χ4n) is 1.95. The first-order valence-electron chi connectivity index (χ1n) is 5.77. The van der Waals surface area contributed by atoms with E-state index in [9.17, 15) is 13.2 Å². The molecule has 3 aromatic rings. The van der Waals surface area contributed by atoms with E-state index >= 15 is 0 Å². The van der Waals surface area contributed by atoms with E-state index < -0.39 is 17.2 Å². The van der Waals surface area contributed by atoms with Crippen molar-refractivity contribution < 1.29 is 13.2 Å². The number of nitrogens with two attached hydrogens (primary N) is 1. The quantitative estimate of drug-likeness (QED) is 0.569. The van der Waals surface area contributed by atoms with Gasteiger partial charge in [0.15, 0.2) is 5.01 Å². The van der Waals surface area contributed by atoms with Crippen LogP contribution in [0, 0.1) is 0 Å². The van der Waals surface area contributed by atoms with Crippen LogP contribution in [0.4, 0.5) is 13.2 Å². The highest BCUT2D eigenvalue weighted by Crippen LogP contribution is 2.36. The fourth-order valence-corrected chi connectivity index (χ4v) is 2.81. The molecule has 0 spiro atoms. The van der Waals surface area contributed by atoms with Crippen molar-refractivity contribution in [2.75, 3.05) is 0 Å². The molecule has 0 amide bonds. The standard InChI is InChI=1S/C11H9F3N6S/c12-11(13,14)10-17-5-8(21-10)9(19-15)6-3-18-20-2-1-16-4-7(6)20/h1-5,9,19H,15H2.